The first-order chi connectivity index (χ1) is 8.09. The number of carbonyl (C=O) groups excluding carboxylic acids is 1. The van der Waals surface area contributed by atoms with Crippen molar-refractivity contribution >= 4 is 5.78 Å². The number of hydrogen-bond acceptors (Lipinski definition) is 3. The number of carbonyl (C=O) groups is 1. The van der Waals surface area contributed by atoms with Crippen LogP contribution < -0.4 is 0 Å². The molecular formula is C13H15FO3. The third kappa shape index (κ3) is 2.53. The second-order valence-electron chi connectivity index (χ2n) is 4.21. The Morgan fingerprint density at radius 2 is 1.94 bits per heavy atom. The number of aryl methyl sites for hydroxylation is 2. The van der Waals surface area contributed by atoms with E-state index in [1.54, 1.807) is 13.8 Å². The van der Waals surface area contributed by atoms with Crippen molar-refractivity contribution in [2.45, 2.75) is 20.0 Å². The van der Waals surface area contributed by atoms with Crippen LogP contribution in [0.5, 0.6) is 0 Å². The zero-order valence-corrected chi connectivity index (χ0v) is 9.96. The van der Waals surface area contributed by atoms with E-state index in [0.717, 1.165) is 0 Å². The van der Waals surface area contributed by atoms with E-state index < -0.39 is 6.10 Å². The Morgan fingerprint density at radius 3 is 2.47 bits per heavy atom. The first-order valence-electron chi connectivity index (χ1n) is 5.60. The second-order valence-corrected chi connectivity index (χ2v) is 4.21. The van der Waals surface area contributed by atoms with Crippen LogP contribution in [0, 0.1) is 19.7 Å². The molecule has 1 aromatic carbocycles. The Balaban J connectivity index is 2.30. The molecule has 1 aliphatic heterocycles. The molecule has 1 fully saturated rings. The average molecular weight is 238 g/mol. The van der Waals surface area contributed by atoms with Gasteiger partial charge in [-0.3, -0.25) is 4.79 Å². The SMILES string of the molecule is Cc1cc(F)cc(C)c1C(=O)C1COCCO1. The normalized spacial score (nSPS) is 20.3. The number of Topliss-reactive ketones (excluding diaryl/α,β-unsaturated/α-hetero) is 1. The summed E-state index contributed by atoms with van der Waals surface area (Å²) in [5, 5.41) is 0. The number of benzene rings is 1. The van der Waals surface area contributed by atoms with Crippen LogP contribution in [-0.2, 0) is 9.47 Å². The quantitative estimate of drug-likeness (QED) is 0.740. The maximum absolute atomic E-state index is 13.1. The minimum absolute atomic E-state index is 0.125. The lowest BCUT2D eigenvalue weighted by Crippen LogP contribution is -2.36. The number of halogens is 1. The zero-order chi connectivity index (χ0) is 12.4. The highest BCUT2D eigenvalue weighted by Crippen LogP contribution is 2.19. The van der Waals surface area contributed by atoms with Crippen molar-refractivity contribution in [2.24, 2.45) is 0 Å². The standard InChI is InChI=1S/C13H15FO3/c1-8-5-10(14)6-9(2)12(8)13(15)11-7-16-3-4-17-11/h5-6,11H,3-4,7H2,1-2H3. The molecule has 4 heteroatoms. The van der Waals surface area contributed by atoms with Crippen molar-refractivity contribution in [1.82, 2.24) is 0 Å². The predicted molar refractivity (Wildman–Crippen MR) is 60.8 cm³/mol. The summed E-state index contributed by atoms with van der Waals surface area (Å²) < 4.78 is 23.7. The Bertz CT molecular complexity index is 413. The van der Waals surface area contributed by atoms with Crippen molar-refractivity contribution < 1.29 is 18.7 Å². The maximum Gasteiger partial charge on any atom is 0.194 e. The maximum atomic E-state index is 13.1. The van der Waals surface area contributed by atoms with Crippen LogP contribution in [0.3, 0.4) is 0 Å². The van der Waals surface area contributed by atoms with Crippen LogP contribution in [0.1, 0.15) is 21.5 Å². The lowest BCUT2D eigenvalue weighted by molar-refractivity contribution is -0.0719. The number of hydrogen-bond donors (Lipinski definition) is 0. The smallest absolute Gasteiger partial charge is 0.194 e. The van der Waals surface area contributed by atoms with Gasteiger partial charge in [-0.25, -0.2) is 4.39 Å². The second kappa shape index (κ2) is 4.94. The van der Waals surface area contributed by atoms with Gasteiger partial charge in [0.05, 0.1) is 19.8 Å². The molecule has 1 unspecified atom stereocenters. The van der Waals surface area contributed by atoms with E-state index in [2.05, 4.69) is 0 Å². The monoisotopic (exact) mass is 238 g/mol. The van der Waals surface area contributed by atoms with Gasteiger partial charge < -0.3 is 9.47 Å². The van der Waals surface area contributed by atoms with Crippen LogP contribution >= 0.6 is 0 Å². The minimum Gasteiger partial charge on any atom is -0.376 e. The summed E-state index contributed by atoms with van der Waals surface area (Å²) in [6, 6.07) is 2.73. The molecule has 1 aromatic rings. The highest BCUT2D eigenvalue weighted by molar-refractivity contribution is 6.02. The van der Waals surface area contributed by atoms with Gasteiger partial charge in [0, 0.05) is 5.56 Å². The van der Waals surface area contributed by atoms with E-state index >= 15 is 0 Å². The highest BCUT2D eigenvalue weighted by atomic mass is 19.1. The lowest BCUT2D eigenvalue weighted by Gasteiger charge is -2.23. The van der Waals surface area contributed by atoms with Gasteiger partial charge in [0.2, 0.25) is 0 Å². The summed E-state index contributed by atoms with van der Waals surface area (Å²) >= 11 is 0. The summed E-state index contributed by atoms with van der Waals surface area (Å²) in [5.41, 5.74) is 1.82. The highest BCUT2D eigenvalue weighted by Gasteiger charge is 2.26. The summed E-state index contributed by atoms with van der Waals surface area (Å²) in [4.78, 5) is 12.2. The Kier molecular flexibility index (Phi) is 3.54. The average Bonchev–Trinajstić information content (AvgIpc) is 2.28. The molecular weight excluding hydrogens is 223 g/mol. The minimum atomic E-state index is -0.563. The molecule has 3 nitrogen and oxygen atoms in total. The van der Waals surface area contributed by atoms with Gasteiger partial charge in [0.15, 0.2) is 5.78 Å². The van der Waals surface area contributed by atoms with Gasteiger partial charge in [-0.15, -0.1) is 0 Å². The molecule has 0 saturated carbocycles. The van der Waals surface area contributed by atoms with Crippen molar-refractivity contribution in [3.63, 3.8) is 0 Å². The van der Waals surface area contributed by atoms with Gasteiger partial charge in [0.1, 0.15) is 11.9 Å². The van der Waals surface area contributed by atoms with E-state index in [9.17, 15) is 9.18 Å². The Morgan fingerprint density at radius 1 is 1.29 bits per heavy atom. The van der Waals surface area contributed by atoms with E-state index in [1.165, 1.54) is 12.1 Å². The topological polar surface area (TPSA) is 35.5 Å². The molecule has 1 saturated heterocycles. The van der Waals surface area contributed by atoms with Crippen molar-refractivity contribution in [3.05, 3.63) is 34.6 Å². The predicted octanol–water partition coefficient (Wildman–Crippen LogP) is 2.04. The van der Waals surface area contributed by atoms with Gasteiger partial charge in [-0.2, -0.15) is 0 Å². The third-order valence-electron chi connectivity index (χ3n) is 2.85. The molecule has 0 N–H and O–H groups in total. The summed E-state index contributed by atoms with van der Waals surface area (Å²) in [6.45, 7) is 4.68. The molecule has 1 aliphatic rings. The molecule has 1 heterocycles. The van der Waals surface area contributed by atoms with E-state index in [-0.39, 0.29) is 18.2 Å². The number of rotatable bonds is 2. The molecule has 1 atom stereocenters. The summed E-state index contributed by atoms with van der Waals surface area (Å²) in [5.74, 6) is -0.447. The van der Waals surface area contributed by atoms with E-state index in [4.69, 9.17) is 9.47 Å². The molecule has 0 bridgehead atoms. The molecule has 0 spiro atoms. The van der Waals surface area contributed by atoms with Gasteiger partial charge in [-0.1, -0.05) is 0 Å². The van der Waals surface area contributed by atoms with Crippen LogP contribution in [0.2, 0.25) is 0 Å². The Labute approximate surface area is 99.5 Å². The lowest BCUT2D eigenvalue weighted by atomic mass is 9.96. The fraction of sp³-hybridized carbons (Fsp3) is 0.462. The molecule has 17 heavy (non-hydrogen) atoms. The summed E-state index contributed by atoms with van der Waals surface area (Å²) in [6.07, 6.45) is -0.563. The molecule has 0 aliphatic carbocycles. The van der Waals surface area contributed by atoms with Gasteiger partial charge >= 0.3 is 0 Å². The Hall–Kier alpha value is -1.26. The van der Waals surface area contributed by atoms with Crippen molar-refractivity contribution in [3.8, 4) is 0 Å². The third-order valence-corrected chi connectivity index (χ3v) is 2.85. The first-order valence-corrected chi connectivity index (χ1v) is 5.60. The van der Waals surface area contributed by atoms with Gasteiger partial charge in [-0.05, 0) is 37.1 Å². The number of ketones is 1. The van der Waals surface area contributed by atoms with Crippen LogP contribution in [0.15, 0.2) is 12.1 Å². The number of ether oxygens (including phenoxy) is 2. The summed E-state index contributed by atoms with van der Waals surface area (Å²) in [7, 11) is 0. The van der Waals surface area contributed by atoms with E-state index in [1.807, 2.05) is 0 Å². The molecule has 0 amide bonds. The molecule has 0 aromatic heterocycles. The molecule has 92 valence electrons. The zero-order valence-electron chi connectivity index (χ0n) is 9.96. The van der Waals surface area contributed by atoms with Crippen LogP contribution in [-0.4, -0.2) is 31.7 Å². The van der Waals surface area contributed by atoms with Gasteiger partial charge in [0.25, 0.3) is 0 Å². The largest absolute Gasteiger partial charge is 0.376 e. The first kappa shape index (κ1) is 12.2. The van der Waals surface area contributed by atoms with Crippen molar-refractivity contribution in [2.75, 3.05) is 19.8 Å². The molecule has 0 radical (unpaired) electrons. The molecule has 2 rings (SSSR count). The van der Waals surface area contributed by atoms with Crippen LogP contribution in [0.25, 0.3) is 0 Å². The van der Waals surface area contributed by atoms with Crippen molar-refractivity contribution in [1.29, 1.82) is 0 Å². The van der Waals surface area contributed by atoms with E-state index in [0.29, 0.717) is 29.9 Å². The fourth-order valence-electron chi connectivity index (χ4n) is 2.10. The fourth-order valence-corrected chi connectivity index (χ4v) is 2.10. The van der Waals surface area contributed by atoms with Crippen LogP contribution in [0.4, 0.5) is 4.39 Å².